The van der Waals surface area contributed by atoms with Gasteiger partial charge in [0.05, 0.1) is 17.6 Å². The van der Waals surface area contributed by atoms with Crippen LogP contribution in [0.5, 0.6) is 11.8 Å². The van der Waals surface area contributed by atoms with Gasteiger partial charge in [0.15, 0.2) is 6.10 Å². The molecule has 2 aromatic carbocycles. The van der Waals surface area contributed by atoms with Crippen molar-refractivity contribution in [1.82, 2.24) is 9.55 Å². The number of aromatic nitrogens is 2. The summed E-state index contributed by atoms with van der Waals surface area (Å²) in [5.74, 6) is 0.889. The van der Waals surface area contributed by atoms with E-state index in [1.807, 2.05) is 30.3 Å². The van der Waals surface area contributed by atoms with Crippen molar-refractivity contribution in [3.05, 3.63) is 54.1 Å². The second-order valence-electron chi connectivity index (χ2n) is 7.32. The van der Waals surface area contributed by atoms with Crippen molar-refractivity contribution >= 4 is 11.0 Å². The molecule has 0 radical (unpaired) electrons. The van der Waals surface area contributed by atoms with Crippen LogP contribution >= 0.6 is 0 Å². The summed E-state index contributed by atoms with van der Waals surface area (Å²) in [7, 11) is 0. The van der Waals surface area contributed by atoms with E-state index in [2.05, 4.69) is 48.5 Å². The van der Waals surface area contributed by atoms with Gasteiger partial charge in [-0.05, 0) is 35.2 Å². The fourth-order valence-electron chi connectivity index (χ4n) is 3.04. The van der Waals surface area contributed by atoms with Crippen molar-refractivity contribution in [2.45, 2.75) is 38.8 Å². The summed E-state index contributed by atoms with van der Waals surface area (Å²) in [5, 5.41) is 0. The van der Waals surface area contributed by atoms with Gasteiger partial charge in [-0.2, -0.15) is 4.98 Å². The molecule has 0 saturated carbocycles. The van der Waals surface area contributed by atoms with Gasteiger partial charge in [-0.15, -0.1) is 0 Å². The van der Waals surface area contributed by atoms with Crippen LogP contribution in [0.15, 0.2) is 48.5 Å². The Morgan fingerprint density at radius 2 is 2.00 bits per heavy atom. The van der Waals surface area contributed by atoms with E-state index in [1.165, 1.54) is 5.56 Å². The monoisotopic (exact) mass is 322 g/mol. The second kappa shape index (κ2) is 5.55. The Labute approximate surface area is 142 Å². The molecule has 1 aromatic heterocycles. The minimum Gasteiger partial charge on any atom is -0.490 e. The van der Waals surface area contributed by atoms with Crippen LogP contribution in [0, 0.1) is 0 Å². The standard InChI is InChI=1S/C20H22N2O2/c1-20(2,3)14-7-6-8-15(11-14)23-13-16-12-22-18-10-5-4-9-17(18)21-19(22)24-16/h4-11,16H,12-13H2,1-3H3/t16-/m0/s1. The van der Waals surface area contributed by atoms with Crippen molar-refractivity contribution in [2.24, 2.45) is 0 Å². The normalized spacial score (nSPS) is 16.9. The zero-order valence-corrected chi connectivity index (χ0v) is 14.3. The molecular formula is C20H22N2O2. The number of para-hydroxylation sites is 2. The molecule has 24 heavy (non-hydrogen) atoms. The van der Waals surface area contributed by atoms with E-state index in [-0.39, 0.29) is 11.5 Å². The fraction of sp³-hybridized carbons (Fsp3) is 0.350. The lowest BCUT2D eigenvalue weighted by Crippen LogP contribution is -2.23. The van der Waals surface area contributed by atoms with Crippen molar-refractivity contribution in [3.8, 4) is 11.8 Å². The first-order valence-electron chi connectivity index (χ1n) is 8.36. The minimum absolute atomic E-state index is 0.00426. The first-order chi connectivity index (χ1) is 11.5. The molecule has 3 aromatic rings. The summed E-state index contributed by atoms with van der Waals surface area (Å²) < 4.78 is 14.0. The minimum atomic E-state index is -0.00426. The maximum absolute atomic E-state index is 5.97. The van der Waals surface area contributed by atoms with Crippen molar-refractivity contribution < 1.29 is 9.47 Å². The number of hydrogen-bond acceptors (Lipinski definition) is 3. The quantitative estimate of drug-likeness (QED) is 0.726. The van der Waals surface area contributed by atoms with Crippen LogP contribution < -0.4 is 9.47 Å². The van der Waals surface area contributed by atoms with E-state index in [0.717, 1.165) is 23.3 Å². The Kier molecular flexibility index (Phi) is 3.48. The van der Waals surface area contributed by atoms with Crippen molar-refractivity contribution in [2.75, 3.05) is 6.61 Å². The molecule has 1 atom stereocenters. The highest BCUT2D eigenvalue weighted by molar-refractivity contribution is 5.76. The largest absolute Gasteiger partial charge is 0.490 e. The summed E-state index contributed by atoms with van der Waals surface area (Å²) in [4.78, 5) is 4.53. The summed E-state index contributed by atoms with van der Waals surface area (Å²) >= 11 is 0. The van der Waals surface area contributed by atoms with Crippen LogP contribution in [0.1, 0.15) is 26.3 Å². The predicted octanol–water partition coefficient (Wildman–Crippen LogP) is 4.17. The number of benzene rings is 2. The first kappa shape index (κ1) is 15.1. The summed E-state index contributed by atoms with van der Waals surface area (Å²) in [5.41, 5.74) is 3.48. The highest BCUT2D eigenvalue weighted by Crippen LogP contribution is 2.29. The average Bonchev–Trinajstić information content (AvgIpc) is 3.10. The van der Waals surface area contributed by atoms with Gasteiger partial charge in [-0.3, -0.25) is 4.57 Å². The Balaban J connectivity index is 1.44. The average molecular weight is 322 g/mol. The Hall–Kier alpha value is -2.49. The Morgan fingerprint density at radius 3 is 2.83 bits per heavy atom. The molecule has 4 heteroatoms. The predicted molar refractivity (Wildman–Crippen MR) is 94.8 cm³/mol. The molecule has 0 unspecified atom stereocenters. The SMILES string of the molecule is CC(C)(C)c1cccc(OC[C@@H]2Cn3c(nc4ccccc43)O2)c1. The highest BCUT2D eigenvalue weighted by Gasteiger charge is 2.26. The zero-order valence-electron chi connectivity index (χ0n) is 14.3. The number of ether oxygens (including phenoxy) is 2. The lowest BCUT2D eigenvalue weighted by molar-refractivity contribution is 0.144. The number of nitrogens with zero attached hydrogens (tertiary/aromatic N) is 2. The molecule has 4 rings (SSSR count). The molecule has 0 aliphatic carbocycles. The van der Waals surface area contributed by atoms with E-state index in [0.29, 0.717) is 12.6 Å². The topological polar surface area (TPSA) is 36.3 Å². The number of hydrogen-bond donors (Lipinski definition) is 0. The lowest BCUT2D eigenvalue weighted by atomic mass is 9.87. The molecule has 0 spiro atoms. The van der Waals surface area contributed by atoms with Gasteiger partial charge in [0.1, 0.15) is 12.4 Å². The molecular weight excluding hydrogens is 300 g/mol. The highest BCUT2D eigenvalue weighted by atomic mass is 16.6. The molecule has 1 aliphatic heterocycles. The third kappa shape index (κ3) is 2.73. The third-order valence-corrected chi connectivity index (χ3v) is 4.41. The third-order valence-electron chi connectivity index (χ3n) is 4.41. The molecule has 0 fully saturated rings. The Bertz CT molecular complexity index is 877. The van der Waals surface area contributed by atoms with E-state index in [1.54, 1.807) is 0 Å². The molecule has 2 heterocycles. The van der Waals surface area contributed by atoms with Crippen LogP contribution in [0.3, 0.4) is 0 Å². The van der Waals surface area contributed by atoms with E-state index >= 15 is 0 Å². The first-order valence-corrected chi connectivity index (χ1v) is 8.36. The molecule has 0 amide bonds. The molecule has 0 bridgehead atoms. The summed E-state index contributed by atoms with van der Waals surface area (Å²) in [6.07, 6.45) is -0.00426. The smallest absolute Gasteiger partial charge is 0.297 e. The molecule has 124 valence electrons. The molecule has 0 N–H and O–H groups in total. The van der Waals surface area contributed by atoms with Gasteiger partial charge >= 0.3 is 0 Å². The van der Waals surface area contributed by atoms with Gasteiger partial charge in [0, 0.05) is 0 Å². The van der Waals surface area contributed by atoms with E-state index in [4.69, 9.17) is 9.47 Å². The zero-order chi connectivity index (χ0) is 16.7. The maximum Gasteiger partial charge on any atom is 0.297 e. The van der Waals surface area contributed by atoms with E-state index in [9.17, 15) is 0 Å². The van der Waals surface area contributed by atoms with Gasteiger partial charge in [-0.1, -0.05) is 45.0 Å². The van der Waals surface area contributed by atoms with Gasteiger partial charge < -0.3 is 9.47 Å². The van der Waals surface area contributed by atoms with Crippen LogP contribution in [0.4, 0.5) is 0 Å². The lowest BCUT2D eigenvalue weighted by Gasteiger charge is -2.20. The van der Waals surface area contributed by atoms with Crippen molar-refractivity contribution in [1.29, 1.82) is 0 Å². The summed E-state index contributed by atoms with van der Waals surface area (Å²) in [6.45, 7) is 7.91. The van der Waals surface area contributed by atoms with Gasteiger partial charge in [-0.25, -0.2) is 0 Å². The number of imidazole rings is 1. The van der Waals surface area contributed by atoms with Crippen molar-refractivity contribution in [3.63, 3.8) is 0 Å². The molecule has 0 saturated heterocycles. The van der Waals surface area contributed by atoms with Gasteiger partial charge in [0.2, 0.25) is 0 Å². The fourth-order valence-corrected chi connectivity index (χ4v) is 3.04. The van der Waals surface area contributed by atoms with Crippen LogP contribution in [0.2, 0.25) is 0 Å². The summed E-state index contributed by atoms with van der Waals surface area (Å²) in [6, 6.07) is 17.1. The maximum atomic E-state index is 5.97. The number of rotatable bonds is 3. The van der Waals surface area contributed by atoms with Crippen LogP contribution in [-0.4, -0.2) is 22.3 Å². The van der Waals surface area contributed by atoms with E-state index < -0.39 is 0 Å². The Morgan fingerprint density at radius 1 is 1.17 bits per heavy atom. The number of fused-ring (bicyclic) bond motifs is 3. The molecule has 4 nitrogen and oxygen atoms in total. The van der Waals surface area contributed by atoms with Crippen LogP contribution in [-0.2, 0) is 12.0 Å². The second-order valence-corrected chi connectivity index (χ2v) is 7.32. The van der Waals surface area contributed by atoms with Crippen LogP contribution in [0.25, 0.3) is 11.0 Å². The molecule has 1 aliphatic rings. The van der Waals surface area contributed by atoms with Gasteiger partial charge in [0.25, 0.3) is 6.01 Å².